The molecule has 0 aromatic rings. The van der Waals surface area contributed by atoms with E-state index in [0.29, 0.717) is 0 Å². The van der Waals surface area contributed by atoms with E-state index < -0.39 is 0 Å². The number of rotatable bonds is 0. The third-order valence-electron chi connectivity index (χ3n) is 0. The Balaban J connectivity index is 0. The normalized spacial score (nSPS) is 0. The summed E-state index contributed by atoms with van der Waals surface area (Å²) in [5.74, 6) is 0. The van der Waals surface area contributed by atoms with Crippen LogP contribution >= 0.6 is 0 Å². The third-order valence-corrected chi connectivity index (χ3v) is 0. The molecule has 4 heavy (non-hydrogen) atoms. The summed E-state index contributed by atoms with van der Waals surface area (Å²) < 4.78 is 0. The molecule has 0 aromatic carbocycles. The predicted molar refractivity (Wildman–Crippen MR) is 7.98 cm³/mol. The second-order valence-corrected chi connectivity index (χ2v) is 0. The van der Waals surface area contributed by atoms with Crippen molar-refractivity contribution >= 4 is 48.9 Å². The van der Waals surface area contributed by atoms with Gasteiger partial charge in [-0.05, 0) is 0 Å². The van der Waals surface area contributed by atoms with Gasteiger partial charge in [-0.3, -0.25) is 0 Å². The smallest absolute Gasteiger partial charge is 1.00 e. The Hall–Kier alpha value is 4.94. The first-order chi connectivity index (χ1) is 0. The van der Waals surface area contributed by atoms with Crippen LogP contribution in [0.25, 0.3) is 0 Å². The van der Waals surface area contributed by atoms with E-state index in [0.717, 1.165) is 0 Å². The average Bonchev–Trinajstić information content (AvgIpc) is 0. The first-order valence-corrected chi connectivity index (χ1v) is 0. The van der Waals surface area contributed by atoms with E-state index in [4.69, 9.17) is 0 Å². The van der Waals surface area contributed by atoms with Crippen molar-refractivity contribution < 1.29 is 104 Å². The predicted octanol–water partition coefficient (Wildman–Crippen LogP) is -0.161. The van der Waals surface area contributed by atoms with Crippen LogP contribution < -0.4 is 0 Å². The minimum Gasteiger partial charge on any atom is -1.00 e. The van der Waals surface area contributed by atoms with Gasteiger partial charge in [-0.2, -0.15) is 0 Å². The van der Waals surface area contributed by atoms with Gasteiger partial charge in [0, 0.05) is 101 Å². The van der Waals surface area contributed by atoms with E-state index in [1.54, 1.807) is 0 Å². The molecule has 0 amide bonds. The van der Waals surface area contributed by atoms with Crippen LogP contribution in [0.4, 0.5) is 0 Å². The van der Waals surface area contributed by atoms with Crippen LogP contribution in [-0.2, 0) is 58.9 Å². The Morgan fingerprint density at radius 3 is 1.25 bits per heavy atom. The molecular formula is H2BaCeYZr. The standard InChI is InChI=1S/Ba.Ce.Y.Zr.2H/q+2;;;;2*-1. The van der Waals surface area contributed by atoms with Gasteiger partial charge in [0.1, 0.15) is 0 Å². The second-order valence-electron chi connectivity index (χ2n) is 0. The quantitative estimate of drug-likeness (QED) is 0.442. The molecule has 0 saturated carbocycles. The van der Waals surface area contributed by atoms with Crippen molar-refractivity contribution in [2.24, 2.45) is 0 Å². The molecule has 0 fully saturated rings. The molecule has 0 aliphatic carbocycles. The van der Waals surface area contributed by atoms with E-state index in [1.165, 1.54) is 0 Å². The molecule has 0 atom stereocenters. The van der Waals surface area contributed by atoms with Gasteiger partial charge in [-0.1, -0.05) is 0 Å². The van der Waals surface area contributed by atoms with Crippen LogP contribution in [0.1, 0.15) is 2.85 Å². The van der Waals surface area contributed by atoms with Crippen LogP contribution in [0.15, 0.2) is 0 Å². The second kappa shape index (κ2) is 15.7. The summed E-state index contributed by atoms with van der Waals surface area (Å²) in [5.41, 5.74) is 0. The SMILES string of the molecule is [Ba+2].[Ce].[H-].[H-].[Y].[Zr]. The molecule has 1 radical (unpaired) electrons. The van der Waals surface area contributed by atoms with Gasteiger partial charge < -0.3 is 2.85 Å². The zero-order valence-corrected chi connectivity index (χ0v) is 15.2. The molecule has 4 heteroatoms. The molecular weight excluding hydrogens is 458 g/mol. The van der Waals surface area contributed by atoms with Crippen molar-refractivity contribution in [2.75, 3.05) is 0 Å². The van der Waals surface area contributed by atoms with Gasteiger partial charge in [0.2, 0.25) is 0 Å². The van der Waals surface area contributed by atoms with Crippen LogP contribution in [-0.4, -0.2) is 48.9 Å². The fraction of sp³-hybridized carbons (Fsp3) is 0. The minimum atomic E-state index is 0. The Morgan fingerprint density at radius 2 is 1.25 bits per heavy atom. The summed E-state index contributed by atoms with van der Waals surface area (Å²) in [7, 11) is 0. The summed E-state index contributed by atoms with van der Waals surface area (Å²) >= 11 is 0. The monoisotopic (exact) mass is 459 g/mol. The van der Waals surface area contributed by atoms with E-state index >= 15 is 0 Å². The molecule has 0 N–H and O–H groups in total. The maximum absolute atomic E-state index is 0. The molecule has 0 spiro atoms. The molecule has 15 valence electrons. The van der Waals surface area contributed by atoms with Gasteiger partial charge in [0.25, 0.3) is 0 Å². The van der Waals surface area contributed by atoms with E-state index in [1.807, 2.05) is 0 Å². The zero-order chi connectivity index (χ0) is 0. The average molecular weight is 460 g/mol. The van der Waals surface area contributed by atoms with Gasteiger partial charge in [-0.25, -0.2) is 0 Å². The molecule has 0 nitrogen and oxygen atoms in total. The largest absolute Gasteiger partial charge is 2.00 e. The Kier molecular flexibility index (Phi) is 90.5. The molecule has 0 saturated heterocycles. The Labute approximate surface area is 147 Å². The summed E-state index contributed by atoms with van der Waals surface area (Å²) in [6.45, 7) is 0. The number of hydrogen-bond acceptors (Lipinski definition) is 0. The molecule has 0 unspecified atom stereocenters. The van der Waals surface area contributed by atoms with Crippen molar-refractivity contribution in [3.05, 3.63) is 0 Å². The van der Waals surface area contributed by atoms with Crippen molar-refractivity contribution in [1.82, 2.24) is 0 Å². The Bertz CT molecular complexity index is 13.5. The topological polar surface area (TPSA) is 0 Å². The van der Waals surface area contributed by atoms with Gasteiger partial charge in [0.05, 0.1) is 0 Å². The molecule has 0 aromatic heterocycles. The van der Waals surface area contributed by atoms with Crippen LogP contribution in [0.3, 0.4) is 0 Å². The zero-order valence-electron chi connectivity index (χ0n) is 4.28. The van der Waals surface area contributed by atoms with Gasteiger partial charge in [0.15, 0.2) is 0 Å². The van der Waals surface area contributed by atoms with Gasteiger partial charge >= 0.3 is 48.9 Å². The molecule has 0 heterocycles. The number of hydrogen-bond donors (Lipinski definition) is 0. The van der Waals surface area contributed by atoms with Crippen molar-refractivity contribution in [2.45, 2.75) is 0 Å². The minimum absolute atomic E-state index is 0. The van der Waals surface area contributed by atoms with Gasteiger partial charge in [-0.15, -0.1) is 0 Å². The van der Waals surface area contributed by atoms with E-state index in [2.05, 4.69) is 0 Å². The summed E-state index contributed by atoms with van der Waals surface area (Å²) in [6.07, 6.45) is 0. The molecule has 0 rings (SSSR count). The van der Waals surface area contributed by atoms with Crippen LogP contribution in [0.2, 0.25) is 0 Å². The first-order valence-electron chi connectivity index (χ1n) is 0. The molecule has 0 aliphatic heterocycles. The van der Waals surface area contributed by atoms with E-state index in [9.17, 15) is 0 Å². The Morgan fingerprint density at radius 1 is 1.25 bits per heavy atom. The molecule has 0 bridgehead atoms. The van der Waals surface area contributed by atoms with E-state index in [-0.39, 0.29) is 152 Å². The maximum Gasteiger partial charge on any atom is 2.00 e. The van der Waals surface area contributed by atoms with Crippen LogP contribution in [0.5, 0.6) is 0 Å². The van der Waals surface area contributed by atoms with Crippen molar-refractivity contribution in [1.29, 1.82) is 0 Å². The molecule has 0 aliphatic rings. The van der Waals surface area contributed by atoms with Crippen molar-refractivity contribution in [3.63, 3.8) is 0 Å². The first kappa shape index (κ1) is 23.1. The third kappa shape index (κ3) is 10.0. The summed E-state index contributed by atoms with van der Waals surface area (Å²) in [5, 5.41) is 0. The maximum atomic E-state index is 0. The summed E-state index contributed by atoms with van der Waals surface area (Å²) in [6, 6.07) is 0. The fourth-order valence-corrected chi connectivity index (χ4v) is 0. The fourth-order valence-electron chi connectivity index (χ4n) is 0. The van der Waals surface area contributed by atoms with Crippen LogP contribution in [0, 0.1) is 41.7 Å². The van der Waals surface area contributed by atoms with Crippen molar-refractivity contribution in [3.8, 4) is 0 Å². The summed E-state index contributed by atoms with van der Waals surface area (Å²) in [4.78, 5) is 0.